The number of nitrogens with zero attached hydrogens (tertiary/aromatic N) is 1. The molecule has 2 rings (SSSR count). The van der Waals surface area contributed by atoms with Gasteiger partial charge in [0.1, 0.15) is 29.3 Å². The van der Waals surface area contributed by atoms with Crippen LogP contribution in [0.3, 0.4) is 0 Å². The van der Waals surface area contributed by atoms with Crippen molar-refractivity contribution in [3.63, 3.8) is 0 Å². The molecule has 0 aliphatic rings. The van der Waals surface area contributed by atoms with Gasteiger partial charge in [-0.05, 0) is 40.2 Å². The lowest BCUT2D eigenvalue weighted by molar-refractivity contribution is 0.0443. The second-order valence-corrected chi connectivity index (χ2v) is 4.46. The number of carbonyl (C=O) groups is 1. The van der Waals surface area contributed by atoms with E-state index in [2.05, 4.69) is 20.9 Å². The van der Waals surface area contributed by atoms with Gasteiger partial charge in [-0.2, -0.15) is 0 Å². The van der Waals surface area contributed by atoms with Crippen LogP contribution in [0.1, 0.15) is 10.5 Å². The maximum absolute atomic E-state index is 11.6. The molecular formula is C14H12BrNO3. The van der Waals surface area contributed by atoms with Crippen LogP contribution < -0.4 is 4.74 Å². The van der Waals surface area contributed by atoms with Crippen LogP contribution in [0.5, 0.6) is 5.75 Å². The molecule has 1 aromatic carbocycles. The summed E-state index contributed by atoms with van der Waals surface area (Å²) >= 11 is 3.20. The molecule has 0 saturated heterocycles. The Labute approximate surface area is 119 Å². The fraction of sp³-hybridized carbons (Fsp3) is 0.143. The van der Waals surface area contributed by atoms with Gasteiger partial charge in [0.05, 0.1) is 0 Å². The first-order chi connectivity index (χ1) is 9.25. The first-order valence-corrected chi connectivity index (χ1v) is 6.52. The first kappa shape index (κ1) is 13.5. The van der Waals surface area contributed by atoms with Crippen LogP contribution >= 0.6 is 15.9 Å². The number of pyridine rings is 1. The predicted octanol–water partition coefficient (Wildman–Crippen LogP) is 3.08. The second-order valence-electron chi connectivity index (χ2n) is 3.64. The maximum Gasteiger partial charge on any atom is 0.357 e. The molecule has 1 aromatic heterocycles. The molecule has 0 aliphatic carbocycles. The Hall–Kier alpha value is -1.88. The number of hydrogen-bond donors (Lipinski definition) is 0. The van der Waals surface area contributed by atoms with Crippen molar-refractivity contribution in [1.82, 2.24) is 4.98 Å². The van der Waals surface area contributed by atoms with E-state index in [1.807, 2.05) is 30.3 Å². The number of aromatic nitrogens is 1. The topological polar surface area (TPSA) is 48.4 Å². The zero-order valence-electron chi connectivity index (χ0n) is 10.1. The minimum atomic E-state index is -0.460. The Kier molecular flexibility index (Phi) is 4.92. The highest BCUT2D eigenvalue weighted by molar-refractivity contribution is 9.10. The van der Waals surface area contributed by atoms with Crippen molar-refractivity contribution in [2.45, 2.75) is 0 Å². The van der Waals surface area contributed by atoms with E-state index in [9.17, 15) is 4.79 Å². The van der Waals surface area contributed by atoms with Crippen LogP contribution in [0.4, 0.5) is 0 Å². The summed E-state index contributed by atoms with van der Waals surface area (Å²) in [7, 11) is 0. The Morgan fingerprint density at radius 1 is 1.05 bits per heavy atom. The molecule has 0 spiro atoms. The summed E-state index contributed by atoms with van der Waals surface area (Å²) in [6, 6.07) is 14.4. The van der Waals surface area contributed by atoms with E-state index in [4.69, 9.17) is 9.47 Å². The Bertz CT molecular complexity index is 545. The monoisotopic (exact) mass is 321 g/mol. The maximum atomic E-state index is 11.6. The number of carbonyl (C=O) groups excluding carboxylic acids is 1. The molecule has 0 amide bonds. The van der Waals surface area contributed by atoms with E-state index < -0.39 is 5.97 Å². The normalized spacial score (nSPS) is 9.95. The third kappa shape index (κ3) is 4.37. The molecular weight excluding hydrogens is 310 g/mol. The molecule has 0 aliphatic heterocycles. The second kappa shape index (κ2) is 6.89. The standard InChI is InChI=1S/C14H12BrNO3/c15-13-8-4-7-12(16-13)14(17)19-10-9-18-11-5-2-1-3-6-11/h1-8H,9-10H2. The predicted molar refractivity (Wildman–Crippen MR) is 74.2 cm³/mol. The molecule has 5 heteroatoms. The lowest BCUT2D eigenvalue weighted by atomic mass is 10.3. The Morgan fingerprint density at radius 3 is 2.58 bits per heavy atom. The van der Waals surface area contributed by atoms with Crippen LogP contribution in [0, 0.1) is 0 Å². The molecule has 4 nitrogen and oxygen atoms in total. The molecule has 0 atom stereocenters. The summed E-state index contributed by atoms with van der Waals surface area (Å²) in [4.78, 5) is 15.7. The van der Waals surface area contributed by atoms with Crippen LogP contribution in [0.15, 0.2) is 53.1 Å². The van der Waals surface area contributed by atoms with Gasteiger partial charge in [0.15, 0.2) is 0 Å². The van der Waals surface area contributed by atoms with Gasteiger partial charge >= 0.3 is 5.97 Å². The van der Waals surface area contributed by atoms with Gasteiger partial charge in [0.2, 0.25) is 0 Å². The van der Waals surface area contributed by atoms with Crippen LogP contribution in [-0.4, -0.2) is 24.2 Å². The molecule has 19 heavy (non-hydrogen) atoms. The summed E-state index contributed by atoms with van der Waals surface area (Å²) in [6.45, 7) is 0.492. The fourth-order valence-corrected chi connectivity index (χ4v) is 1.75. The van der Waals surface area contributed by atoms with Gasteiger partial charge in [-0.3, -0.25) is 0 Å². The van der Waals surface area contributed by atoms with Gasteiger partial charge in [0, 0.05) is 0 Å². The van der Waals surface area contributed by atoms with Crippen LogP contribution in [0.2, 0.25) is 0 Å². The minimum Gasteiger partial charge on any atom is -0.490 e. The highest BCUT2D eigenvalue weighted by Crippen LogP contribution is 2.09. The van der Waals surface area contributed by atoms with Gasteiger partial charge in [0.25, 0.3) is 0 Å². The third-order valence-electron chi connectivity index (χ3n) is 2.25. The highest BCUT2D eigenvalue weighted by Gasteiger charge is 2.08. The number of ether oxygens (including phenoxy) is 2. The smallest absolute Gasteiger partial charge is 0.357 e. The lowest BCUT2D eigenvalue weighted by Gasteiger charge is -2.07. The van der Waals surface area contributed by atoms with Gasteiger partial charge in [-0.25, -0.2) is 9.78 Å². The fourth-order valence-electron chi connectivity index (χ4n) is 1.41. The van der Waals surface area contributed by atoms with E-state index >= 15 is 0 Å². The van der Waals surface area contributed by atoms with Crippen molar-refractivity contribution in [1.29, 1.82) is 0 Å². The molecule has 0 bridgehead atoms. The number of rotatable bonds is 5. The number of benzene rings is 1. The number of halogens is 1. The number of hydrogen-bond acceptors (Lipinski definition) is 4. The van der Waals surface area contributed by atoms with Gasteiger partial charge in [-0.15, -0.1) is 0 Å². The molecule has 0 radical (unpaired) electrons. The average Bonchev–Trinajstić information content (AvgIpc) is 2.44. The summed E-state index contributed by atoms with van der Waals surface area (Å²) < 4.78 is 11.1. The first-order valence-electron chi connectivity index (χ1n) is 5.73. The molecule has 0 fully saturated rings. The zero-order valence-corrected chi connectivity index (χ0v) is 11.7. The quantitative estimate of drug-likeness (QED) is 0.482. The zero-order chi connectivity index (χ0) is 13.5. The Balaban J connectivity index is 1.75. The number of para-hydroxylation sites is 1. The highest BCUT2D eigenvalue weighted by atomic mass is 79.9. The summed E-state index contributed by atoms with van der Waals surface area (Å²) in [6.07, 6.45) is 0. The van der Waals surface area contributed by atoms with E-state index in [0.717, 1.165) is 5.75 Å². The van der Waals surface area contributed by atoms with Crippen molar-refractivity contribution < 1.29 is 14.3 Å². The van der Waals surface area contributed by atoms with E-state index in [-0.39, 0.29) is 12.3 Å². The van der Waals surface area contributed by atoms with Crippen molar-refractivity contribution in [2.75, 3.05) is 13.2 Å². The van der Waals surface area contributed by atoms with E-state index in [0.29, 0.717) is 11.2 Å². The summed E-state index contributed by atoms with van der Waals surface area (Å²) in [5, 5.41) is 0. The molecule has 0 unspecified atom stereocenters. The largest absolute Gasteiger partial charge is 0.490 e. The van der Waals surface area contributed by atoms with Crippen molar-refractivity contribution >= 4 is 21.9 Å². The average molecular weight is 322 g/mol. The van der Waals surface area contributed by atoms with Gasteiger partial charge in [-0.1, -0.05) is 24.3 Å². The summed E-state index contributed by atoms with van der Waals surface area (Å²) in [5.74, 6) is 0.289. The summed E-state index contributed by atoms with van der Waals surface area (Å²) in [5.41, 5.74) is 0.272. The van der Waals surface area contributed by atoms with Crippen LogP contribution in [-0.2, 0) is 4.74 Å². The van der Waals surface area contributed by atoms with Gasteiger partial charge < -0.3 is 9.47 Å². The lowest BCUT2D eigenvalue weighted by Crippen LogP contribution is -2.13. The third-order valence-corrected chi connectivity index (χ3v) is 2.69. The van der Waals surface area contributed by atoms with Crippen molar-refractivity contribution in [2.24, 2.45) is 0 Å². The van der Waals surface area contributed by atoms with E-state index in [1.54, 1.807) is 18.2 Å². The van der Waals surface area contributed by atoms with E-state index in [1.165, 1.54) is 0 Å². The van der Waals surface area contributed by atoms with Crippen molar-refractivity contribution in [3.05, 3.63) is 58.8 Å². The van der Waals surface area contributed by atoms with Crippen LogP contribution in [0.25, 0.3) is 0 Å². The SMILES string of the molecule is O=C(OCCOc1ccccc1)c1cccc(Br)n1. The molecule has 98 valence electrons. The molecule has 1 heterocycles. The molecule has 0 N–H and O–H groups in total. The molecule has 2 aromatic rings. The Morgan fingerprint density at radius 2 is 1.84 bits per heavy atom. The van der Waals surface area contributed by atoms with Crippen molar-refractivity contribution in [3.8, 4) is 5.75 Å². The number of esters is 1. The minimum absolute atomic E-state index is 0.182. The molecule has 0 saturated carbocycles.